The molecule has 1 saturated carbocycles. The highest BCUT2D eigenvalue weighted by Crippen LogP contribution is 2.31. The molecule has 1 unspecified atom stereocenters. The number of nitrogens with one attached hydrogen (secondary N) is 1. The van der Waals surface area contributed by atoms with Gasteiger partial charge in [0.25, 0.3) is 0 Å². The van der Waals surface area contributed by atoms with E-state index < -0.39 is 5.97 Å². The van der Waals surface area contributed by atoms with Crippen molar-refractivity contribution in [3.05, 3.63) is 0 Å². The summed E-state index contributed by atoms with van der Waals surface area (Å²) in [7, 11) is 0. The van der Waals surface area contributed by atoms with E-state index in [0.29, 0.717) is 13.0 Å². The van der Waals surface area contributed by atoms with Crippen LogP contribution in [0.15, 0.2) is 0 Å². The molecule has 1 atom stereocenters. The summed E-state index contributed by atoms with van der Waals surface area (Å²) in [5.74, 6) is -0.872. The molecule has 1 rings (SSSR count). The zero-order valence-corrected chi connectivity index (χ0v) is 10.4. The van der Waals surface area contributed by atoms with Gasteiger partial charge in [-0.15, -0.1) is 0 Å². The maximum atomic E-state index is 11.6. The van der Waals surface area contributed by atoms with Gasteiger partial charge in [0.2, 0.25) is 5.91 Å². The van der Waals surface area contributed by atoms with Crippen LogP contribution in [0.4, 0.5) is 0 Å². The van der Waals surface area contributed by atoms with Crippen LogP contribution in [0.2, 0.25) is 0 Å². The molecule has 0 aromatic rings. The van der Waals surface area contributed by atoms with E-state index in [1.807, 2.05) is 6.92 Å². The molecule has 0 aromatic carbocycles. The fourth-order valence-electron chi connectivity index (χ4n) is 2.06. The van der Waals surface area contributed by atoms with E-state index in [0.717, 1.165) is 25.7 Å². The van der Waals surface area contributed by atoms with Crippen LogP contribution in [0, 0.1) is 5.92 Å². The van der Waals surface area contributed by atoms with Crippen LogP contribution in [0.5, 0.6) is 0 Å². The molecule has 0 saturated heterocycles. The smallest absolute Gasteiger partial charge is 0.303 e. The molecule has 0 aromatic heterocycles. The van der Waals surface area contributed by atoms with Crippen molar-refractivity contribution in [2.24, 2.45) is 11.7 Å². The average Bonchev–Trinajstić information content (AvgIpc) is 2.21. The Labute approximate surface area is 102 Å². The van der Waals surface area contributed by atoms with Gasteiger partial charge >= 0.3 is 5.97 Å². The molecule has 0 radical (unpaired) electrons. The molecule has 0 spiro atoms. The van der Waals surface area contributed by atoms with E-state index in [-0.39, 0.29) is 23.8 Å². The minimum absolute atomic E-state index is 0.00608. The van der Waals surface area contributed by atoms with Gasteiger partial charge in [0.05, 0.1) is 0 Å². The first-order valence-corrected chi connectivity index (χ1v) is 6.22. The number of aliphatic carboxylic acids is 1. The predicted octanol–water partition coefficient (Wildman–Crippen LogP) is 0.875. The van der Waals surface area contributed by atoms with Gasteiger partial charge in [0.15, 0.2) is 0 Å². The van der Waals surface area contributed by atoms with E-state index in [2.05, 4.69) is 5.32 Å². The molecule has 4 N–H and O–H groups in total. The lowest BCUT2D eigenvalue weighted by molar-refractivity contribution is -0.138. The molecule has 1 aliphatic rings. The molecular weight excluding hydrogens is 220 g/mol. The monoisotopic (exact) mass is 242 g/mol. The van der Waals surface area contributed by atoms with E-state index in [1.165, 1.54) is 0 Å². The fraction of sp³-hybridized carbons (Fsp3) is 0.833. The SMILES string of the molecule is CCC(CNC(=O)CC1(N)CCC1)CC(=O)O. The topological polar surface area (TPSA) is 92.4 Å². The standard InChI is InChI=1S/C12H22N2O3/c1-2-9(6-11(16)17)8-14-10(15)7-12(13)4-3-5-12/h9H,2-8,13H2,1H3,(H,14,15)(H,16,17). The van der Waals surface area contributed by atoms with Crippen LogP contribution >= 0.6 is 0 Å². The lowest BCUT2D eigenvalue weighted by atomic mass is 9.75. The number of carbonyl (C=O) groups is 2. The first kappa shape index (κ1) is 14.0. The van der Waals surface area contributed by atoms with Gasteiger partial charge in [-0.25, -0.2) is 0 Å². The Kier molecular flexibility index (Phi) is 4.93. The van der Waals surface area contributed by atoms with E-state index in [9.17, 15) is 9.59 Å². The van der Waals surface area contributed by atoms with E-state index in [4.69, 9.17) is 10.8 Å². The van der Waals surface area contributed by atoms with Crippen LogP contribution < -0.4 is 11.1 Å². The van der Waals surface area contributed by atoms with Gasteiger partial charge < -0.3 is 16.2 Å². The molecule has 17 heavy (non-hydrogen) atoms. The summed E-state index contributed by atoms with van der Waals surface area (Å²) in [4.78, 5) is 22.2. The normalized spacial score (nSPS) is 19.2. The van der Waals surface area contributed by atoms with Gasteiger partial charge in [0, 0.05) is 24.9 Å². The minimum Gasteiger partial charge on any atom is -0.481 e. The van der Waals surface area contributed by atoms with E-state index >= 15 is 0 Å². The van der Waals surface area contributed by atoms with Gasteiger partial charge in [0.1, 0.15) is 0 Å². The second-order valence-corrected chi connectivity index (χ2v) is 5.07. The third-order valence-electron chi connectivity index (χ3n) is 3.49. The Morgan fingerprint density at radius 3 is 2.53 bits per heavy atom. The van der Waals surface area contributed by atoms with Crippen LogP contribution in [0.1, 0.15) is 45.4 Å². The molecular formula is C12H22N2O3. The minimum atomic E-state index is -0.819. The number of rotatable bonds is 7. The molecule has 98 valence electrons. The number of hydrogen-bond acceptors (Lipinski definition) is 3. The number of nitrogens with two attached hydrogens (primary N) is 1. The molecule has 0 bridgehead atoms. The first-order valence-electron chi connectivity index (χ1n) is 6.22. The second kappa shape index (κ2) is 6.00. The first-order chi connectivity index (χ1) is 7.95. The average molecular weight is 242 g/mol. The van der Waals surface area contributed by atoms with Gasteiger partial charge in [-0.1, -0.05) is 13.3 Å². The van der Waals surface area contributed by atoms with Crippen molar-refractivity contribution < 1.29 is 14.7 Å². The van der Waals surface area contributed by atoms with E-state index in [1.54, 1.807) is 0 Å². The van der Waals surface area contributed by atoms with Crippen molar-refractivity contribution in [2.45, 2.75) is 51.0 Å². The summed E-state index contributed by atoms with van der Waals surface area (Å²) in [6.07, 6.45) is 4.13. The third kappa shape index (κ3) is 4.73. The highest BCUT2D eigenvalue weighted by Gasteiger charge is 2.34. The molecule has 0 heterocycles. The Morgan fingerprint density at radius 1 is 1.47 bits per heavy atom. The van der Waals surface area contributed by atoms with Crippen molar-refractivity contribution >= 4 is 11.9 Å². The maximum Gasteiger partial charge on any atom is 0.303 e. The molecule has 1 amide bonds. The summed E-state index contributed by atoms with van der Waals surface area (Å²) in [6, 6.07) is 0. The lowest BCUT2D eigenvalue weighted by Crippen LogP contribution is -2.50. The molecule has 0 aliphatic heterocycles. The summed E-state index contributed by atoms with van der Waals surface area (Å²) < 4.78 is 0. The van der Waals surface area contributed by atoms with Crippen LogP contribution in [-0.4, -0.2) is 29.1 Å². The van der Waals surface area contributed by atoms with Crippen molar-refractivity contribution in [3.8, 4) is 0 Å². The summed E-state index contributed by atoms with van der Waals surface area (Å²) in [5, 5.41) is 11.5. The molecule has 5 nitrogen and oxygen atoms in total. The Morgan fingerprint density at radius 2 is 2.12 bits per heavy atom. The summed E-state index contributed by atoms with van der Waals surface area (Å²) in [5.41, 5.74) is 5.66. The third-order valence-corrected chi connectivity index (χ3v) is 3.49. The van der Waals surface area contributed by atoms with Gasteiger partial charge in [-0.3, -0.25) is 9.59 Å². The van der Waals surface area contributed by atoms with Crippen LogP contribution in [0.25, 0.3) is 0 Å². The largest absolute Gasteiger partial charge is 0.481 e. The van der Waals surface area contributed by atoms with Crippen molar-refractivity contribution in [2.75, 3.05) is 6.54 Å². The Hall–Kier alpha value is -1.10. The Bertz CT molecular complexity index is 287. The quantitative estimate of drug-likeness (QED) is 0.617. The maximum absolute atomic E-state index is 11.6. The highest BCUT2D eigenvalue weighted by molar-refractivity contribution is 5.77. The van der Waals surface area contributed by atoms with Crippen molar-refractivity contribution in [3.63, 3.8) is 0 Å². The van der Waals surface area contributed by atoms with Gasteiger partial charge in [-0.2, -0.15) is 0 Å². The summed E-state index contributed by atoms with van der Waals surface area (Å²) >= 11 is 0. The van der Waals surface area contributed by atoms with Gasteiger partial charge in [-0.05, 0) is 25.2 Å². The number of amides is 1. The lowest BCUT2D eigenvalue weighted by Gasteiger charge is -2.37. The number of carboxylic acid groups (broad SMARTS) is 1. The van der Waals surface area contributed by atoms with Crippen LogP contribution in [-0.2, 0) is 9.59 Å². The number of carbonyl (C=O) groups excluding carboxylic acids is 1. The highest BCUT2D eigenvalue weighted by atomic mass is 16.4. The zero-order valence-electron chi connectivity index (χ0n) is 10.4. The molecule has 5 heteroatoms. The number of hydrogen-bond donors (Lipinski definition) is 3. The van der Waals surface area contributed by atoms with Crippen molar-refractivity contribution in [1.82, 2.24) is 5.32 Å². The summed E-state index contributed by atoms with van der Waals surface area (Å²) in [6.45, 7) is 2.35. The predicted molar refractivity (Wildman–Crippen MR) is 64.4 cm³/mol. The van der Waals surface area contributed by atoms with Crippen LogP contribution in [0.3, 0.4) is 0 Å². The fourth-order valence-corrected chi connectivity index (χ4v) is 2.06. The second-order valence-electron chi connectivity index (χ2n) is 5.07. The van der Waals surface area contributed by atoms with Crippen molar-refractivity contribution in [1.29, 1.82) is 0 Å². The zero-order chi connectivity index (χ0) is 12.9. The molecule has 1 fully saturated rings. The Balaban J connectivity index is 2.23. The number of carboxylic acids is 1. The molecule has 1 aliphatic carbocycles.